The molecule has 0 aromatic heterocycles. The van der Waals surface area contributed by atoms with Crippen LogP contribution in [0.5, 0.6) is 11.5 Å². The third-order valence-electron chi connectivity index (χ3n) is 3.74. The zero-order chi connectivity index (χ0) is 19.8. The average Bonchev–Trinajstić information content (AvgIpc) is 2.69. The van der Waals surface area contributed by atoms with Gasteiger partial charge in [-0.2, -0.15) is 0 Å². The minimum atomic E-state index is -0.504. The first-order chi connectivity index (χ1) is 13.0. The Morgan fingerprint density at radius 2 is 1.78 bits per heavy atom. The van der Waals surface area contributed by atoms with Gasteiger partial charge in [0.25, 0.3) is 0 Å². The summed E-state index contributed by atoms with van der Waals surface area (Å²) in [5, 5.41) is 6.16. The van der Waals surface area contributed by atoms with E-state index in [0.29, 0.717) is 34.3 Å². The van der Waals surface area contributed by atoms with Crippen LogP contribution < -0.4 is 20.1 Å². The van der Waals surface area contributed by atoms with Gasteiger partial charge in [-0.25, -0.2) is 4.79 Å². The van der Waals surface area contributed by atoms with Crippen LogP contribution in [0.1, 0.15) is 16.8 Å². The molecule has 144 valence electrons. The van der Waals surface area contributed by atoms with Gasteiger partial charge in [0.2, 0.25) is 5.91 Å². The molecule has 8 heteroatoms. The molecule has 0 spiro atoms. The van der Waals surface area contributed by atoms with Crippen LogP contribution in [-0.4, -0.2) is 39.8 Å². The first kappa shape index (κ1) is 20.4. The Bertz CT molecular complexity index is 826. The Morgan fingerprint density at radius 3 is 2.44 bits per heavy atom. The molecule has 0 saturated carbocycles. The Labute approximate surface area is 162 Å². The predicted molar refractivity (Wildman–Crippen MR) is 104 cm³/mol. The predicted octanol–water partition coefficient (Wildman–Crippen LogP) is 3.58. The summed E-state index contributed by atoms with van der Waals surface area (Å²) >= 11 is 6.08. The third-order valence-corrected chi connectivity index (χ3v) is 4.07. The molecular formula is C19H21ClN2O5. The molecule has 0 fully saturated rings. The Kier molecular flexibility index (Phi) is 7.31. The van der Waals surface area contributed by atoms with E-state index in [2.05, 4.69) is 15.4 Å². The molecule has 0 atom stereocenters. The number of hydrogen-bond donors (Lipinski definition) is 2. The molecule has 0 saturated heterocycles. The lowest BCUT2D eigenvalue weighted by Crippen LogP contribution is -2.17. The summed E-state index contributed by atoms with van der Waals surface area (Å²) < 4.78 is 15.1. The quantitative estimate of drug-likeness (QED) is 0.668. The van der Waals surface area contributed by atoms with Crippen LogP contribution in [0, 0.1) is 0 Å². The largest absolute Gasteiger partial charge is 0.497 e. The third kappa shape index (κ3) is 5.52. The smallest absolute Gasteiger partial charge is 0.337 e. The molecule has 2 N–H and O–H groups in total. The van der Waals surface area contributed by atoms with E-state index in [1.165, 1.54) is 25.3 Å². The van der Waals surface area contributed by atoms with Gasteiger partial charge in [-0.15, -0.1) is 0 Å². The van der Waals surface area contributed by atoms with E-state index in [9.17, 15) is 9.59 Å². The standard InChI is InChI=1S/C19H21ClN2O5/c1-25-13-5-7-15(17(11-13)26-2)21-9-8-18(23)22-16-10-12(19(24)27-3)4-6-14(16)20/h4-7,10-11,21H,8-9H2,1-3H3,(H,22,23). The first-order valence-electron chi connectivity index (χ1n) is 8.12. The topological polar surface area (TPSA) is 85.9 Å². The maximum absolute atomic E-state index is 12.2. The van der Waals surface area contributed by atoms with Crippen LogP contribution in [0.4, 0.5) is 11.4 Å². The molecule has 0 unspecified atom stereocenters. The number of nitrogens with one attached hydrogen (secondary N) is 2. The highest BCUT2D eigenvalue weighted by Crippen LogP contribution is 2.29. The number of hydrogen-bond acceptors (Lipinski definition) is 6. The zero-order valence-corrected chi connectivity index (χ0v) is 16.1. The van der Waals surface area contributed by atoms with Crippen LogP contribution in [0.25, 0.3) is 0 Å². The van der Waals surface area contributed by atoms with Crippen molar-refractivity contribution in [2.45, 2.75) is 6.42 Å². The van der Waals surface area contributed by atoms with Gasteiger partial charge in [-0.3, -0.25) is 4.79 Å². The van der Waals surface area contributed by atoms with Crippen molar-refractivity contribution >= 4 is 34.9 Å². The van der Waals surface area contributed by atoms with Gasteiger partial charge in [0.05, 0.1) is 43.3 Å². The lowest BCUT2D eigenvalue weighted by Gasteiger charge is -2.13. The average molecular weight is 393 g/mol. The monoisotopic (exact) mass is 392 g/mol. The first-order valence-corrected chi connectivity index (χ1v) is 8.50. The molecule has 0 aliphatic rings. The molecule has 0 aliphatic heterocycles. The van der Waals surface area contributed by atoms with E-state index < -0.39 is 5.97 Å². The number of amides is 1. The minimum Gasteiger partial charge on any atom is -0.497 e. The molecule has 1 amide bonds. The highest BCUT2D eigenvalue weighted by atomic mass is 35.5. The van der Waals surface area contributed by atoms with E-state index >= 15 is 0 Å². The van der Waals surface area contributed by atoms with Crippen molar-refractivity contribution < 1.29 is 23.8 Å². The van der Waals surface area contributed by atoms with Crippen LogP contribution in [0.15, 0.2) is 36.4 Å². The fraction of sp³-hybridized carbons (Fsp3) is 0.263. The van der Waals surface area contributed by atoms with Gasteiger partial charge in [-0.1, -0.05) is 11.6 Å². The Hall–Kier alpha value is -2.93. The minimum absolute atomic E-state index is 0.188. The Morgan fingerprint density at radius 1 is 1.00 bits per heavy atom. The zero-order valence-electron chi connectivity index (χ0n) is 15.3. The van der Waals surface area contributed by atoms with Crippen molar-refractivity contribution in [2.24, 2.45) is 0 Å². The summed E-state index contributed by atoms with van der Waals surface area (Å²) in [6, 6.07) is 9.90. The maximum Gasteiger partial charge on any atom is 0.337 e. The number of methoxy groups -OCH3 is 3. The molecule has 0 bridgehead atoms. The normalized spacial score (nSPS) is 10.1. The summed E-state index contributed by atoms with van der Waals surface area (Å²) in [6.07, 6.45) is 0.188. The summed E-state index contributed by atoms with van der Waals surface area (Å²) in [5.74, 6) is 0.535. The van der Waals surface area contributed by atoms with E-state index in [-0.39, 0.29) is 12.3 Å². The van der Waals surface area contributed by atoms with Gasteiger partial charge < -0.3 is 24.8 Å². The Balaban J connectivity index is 1.94. The number of ether oxygens (including phenoxy) is 3. The number of carbonyl (C=O) groups excluding carboxylic acids is 2. The summed E-state index contributed by atoms with van der Waals surface area (Å²) in [5.41, 5.74) is 1.40. The molecule has 2 aromatic carbocycles. The molecule has 2 rings (SSSR count). The van der Waals surface area contributed by atoms with Crippen molar-refractivity contribution in [3.63, 3.8) is 0 Å². The second kappa shape index (κ2) is 9.68. The molecule has 7 nitrogen and oxygen atoms in total. The SMILES string of the molecule is COC(=O)c1ccc(Cl)c(NC(=O)CCNc2ccc(OC)cc2OC)c1. The van der Waals surface area contributed by atoms with E-state index in [1.807, 2.05) is 6.07 Å². The van der Waals surface area contributed by atoms with Gasteiger partial charge in [0, 0.05) is 19.0 Å². The molecule has 2 aromatic rings. The van der Waals surface area contributed by atoms with Crippen molar-refractivity contribution in [1.82, 2.24) is 0 Å². The maximum atomic E-state index is 12.2. The van der Waals surface area contributed by atoms with Gasteiger partial charge >= 0.3 is 5.97 Å². The van der Waals surface area contributed by atoms with Gasteiger partial charge in [0.1, 0.15) is 11.5 Å². The fourth-order valence-corrected chi connectivity index (χ4v) is 2.50. The highest BCUT2D eigenvalue weighted by Gasteiger charge is 2.12. The second-order valence-electron chi connectivity index (χ2n) is 5.48. The molecule has 0 radical (unpaired) electrons. The number of anilines is 2. The van der Waals surface area contributed by atoms with E-state index in [1.54, 1.807) is 26.4 Å². The van der Waals surface area contributed by atoms with Crippen LogP contribution in [0.2, 0.25) is 5.02 Å². The van der Waals surface area contributed by atoms with Crippen LogP contribution in [-0.2, 0) is 9.53 Å². The van der Waals surface area contributed by atoms with E-state index in [4.69, 9.17) is 21.1 Å². The summed E-state index contributed by atoms with van der Waals surface area (Å²) in [6.45, 7) is 0.378. The van der Waals surface area contributed by atoms with E-state index in [0.717, 1.165) is 5.69 Å². The molecule has 0 heterocycles. The van der Waals surface area contributed by atoms with Gasteiger partial charge in [0.15, 0.2) is 0 Å². The van der Waals surface area contributed by atoms with Crippen molar-refractivity contribution in [3.8, 4) is 11.5 Å². The summed E-state index contributed by atoms with van der Waals surface area (Å²) in [4.78, 5) is 23.8. The van der Waals surface area contributed by atoms with Crippen LogP contribution >= 0.6 is 11.6 Å². The second-order valence-corrected chi connectivity index (χ2v) is 5.88. The number of rotatable bonds is 8. The van der Waals surface area contributed by atoms with Gasteiger partial charge in [-0.05, 0) is 30.3 Å². The fourth-order valence-electron chi connectivity index (χ4n) is 2.33. The molecule has 0 aliphatic carbocycles. The lowest BCUT2D eigenvalue weighted by atomic mass is 10.2. The number of benzene rings is 2. The molecule has 27 heavy (non-hydrogen) atoms. The van der Waals surface area contributed by atoms with Crippen molar-refractivity contribution in [1.29, 1.82) is 0 Å². The van der Waals surface area contributed by atoms with Crippen molar-refractivity contribution in [2.75, 3.05) is 38.5 Å². The number of carbonyl (C=O) groups is 2. The molecular weight excluding hydrogens is 372 g/mol. The van der Waals surface area contributed by atoms with Crippen molar-refractivity contribution in [3.05, 3.63) is 47.0 Å². The number of esters is 1. The highest BCUT2D eigenvalue weighted by molar-refractivity contribution is 6.33. The van der Waals surface area contributed by atoms with Crippen LogP contribution in [0.3, 0.4) is 0 Å². The number of halogens is 1. The lowest BCUT2D eigenvalue weighted by molar-refractivity contribution is -0.115. The summed E-state index contributed by atoms with van der Waals surface area (Å²) in [7, 11) is 4.42.